The highest BCUT2D eigenvalue weighted by Crippen LogP contribution is 2.15. The lowest BCUT2D eigenvalue weighted by Gasteiger charge is -2.41. The van der Waals surface area contributed by atoms with Gasteiger partial charge in [0.25, 0.3) is 0 Å². The summed E-state index contributed by atoms with van der Waals surface area (Å²) in [6, 6.07) is 9.99. The number of hydrogen-bond donors (Lipinski definition) is 0. The smallest absolute Gasteiger partial charge is 0.0579 e. The number of hydrazine groups is 1. The van der Waals surface area contributed by atoms with Gasteiger partial charge in [0.1, 0.15) is 0 Å². The fourth-order valence-corrected chi connectivity index (χ4v) is 1.82. The van der Waals surface area contributed by atoms with Gasteiger partial charge in [-0.15, -0.1) is 4.91 Å². The zero-order valence-corrected chi connectivity index (χ0v) is 8.82. The normalized spacial score (nSPS) is 17.2. The van der Waals surface area contributed by atoms with Gasteiger partial charge in [0.15, 0.2) is 0 Å². The van der Waals surface area contributed by atoms with Crippen molar-refractivity contribution in [3.8, 4) is 0 Å². The topological polar surface area (TPSA) is 62.2 Å². The van der Waals surface area contributed by atoms with Gasteiger partial charge in [-0.1, -0.05) is 18.2 Å². The zero-order valence-electron chi connectivity index (χ0n) is 8.82. The highest BCUT2D eigenvalue weighted by Gasteiger charge is 2.17. The second kappa shape index (κ2) is 4.91. The minimum atomic E-state index is 0.127. The summed E-state index contributed by atoms with van der Waals surface area (Å²) in [4.78, 5) is 12.2. The number of piperazine rings is 1. The van der Waals surface area contributed by atoms with Crippen LogP contribution in [-0.4, -0.2) is 36.5 Å². The molecule has 0 amide bonds. The molecule has 0 bridgehead atoms. The Bertz CT molecular complexity index is 338. The van der Waals surface area contributed by atoms with Crippen molar-refractivity contribution in [3.63, 3.8) is 0 Å². The third-order valence-corrected chi connectivity index (χ3v) is 2.69. The van der Waals surface area contributed by atoms with Crippen molar-refractivity contribution >= 4 is 5.69 Å². The highest BCUT2D eigenvalue weighted by molar-refractivity contribution is 5.46. The van der Waals surface area contributed by atoms with Gasteiger partial charge in [0, 0.05) is 31.9 Å². The molecule has 2 rings (SSSR count). The van der Waals surface area contributed by atoms with E-state index < -0.39 is 0 Å². The number of anilines is 1. The molecule has 0 aromatic heterocycles. The van der Waals surface area contributed by atoms with Crippen molar-refractivity contribution in [2.75, 3.05) is 31.1 Å². The maximum Gasteiger partial charge on any atom is 0.0579 e. The van der Waals surface area contributed by atoms with Crippen molar-refractivity contribution in [2.45, 2.75) is 0 Å². The average Bonchev–Trinajstić information content (AvgIpc) is 2.39. The predicted octanol–water partition coefficient (Wildman–Crippen LogP) is 1.20. The Labute approximate surface area is 93.5 Å². The Kier molecular flexibility index (Phi) is 3.33. The van der Waals surface area contributed by atoms with Crippen LogP contribution in [0.15, 0.2) is 35.6 Å². The summed E-state index contributed by atoms with van der Waals surface area (Å²) in [5, 5.41) is 14.8. The van der Waals surface area contributed by atoms with Crippen LogP contribution in [0.25, 0.3) is 0 Å². The average molecular weight is 221 g/mol. The van der Waals surface area contributed by atoms with E-state index in [0.717, 1.165) is 18.8 Å². The number of nitrogens with zero attached hydrogens (tertiary/aromatic N) is 4. The first-order valence-corrected chi connectivity index (χ1v) is 5.16. The maximum absolute atomic E-state index is 11.0. The van der Waals surface area contributed by atoms with E-state index in [9.17, 15) is 10.1 Å². The molecule has 1 aromatic carbocycles. The zero-order chi connectivity index (χ0) is 11.4. The summed E-state index contributed by atoms with van der Waals surface area (Å²) >= 11 is 0. The summed E-state index contributed by atoms with van der Waals surface area (Å²) < 4.78 is 0. The van der Waals surface area contributed by atoms with Gasteiger partial charge in [-0.25, -0.2) is 5.01 Å². The maximum atomic E-state index is 11.0. The van der Waals surface area contributed by atoms with Crippen molar-refractivity contribution < 1.29 is 0 Å². The van der Waals surface area contributed by atoms with E-state index in [-0.39, 0.29) is 5.28 Å². The van der Waals surface area contributed by atoms with E-state index in [4.69, 9.17) is 0 Å². The van der Waals surface area contributed by atoms with Gasteiger partial charge in [0.2, 0.25) is 0 Å². The van der Waals surface area contributed by atoms with Crippen LogP contribution in [0.1, 0.15) is 0 Å². The highest BCUT2D eigenvalue weighted by atomic mass is 16.6. The second-order valence-electron chi connectivity index (χ2n) is 3.61. The summed E-state index contributed by atoms with van der Waals surface area (Å²) in [5.41, 5.74) is 1.14. The second-order valence-corrected chi connectivity index (χ2v) is 3.61. The van der Waals surface area contributed by atoms with Crippen LogP contribution in [0, 0.1) is 10.1 Å². The Morgan fingerprint density at radius 3 is 2.31 bits per heavy atom. The number of nitroso groups, excluding NO2 is 1. The Balaban J connectivity index is 1.93. The van der Waals surface area contributed by atoms with E-state index >= 15 is 0 Å². The fourth-order valence-electron chi connectivity index (χ4n) is 1.82. The SMILES string of the molecule is O=NN([O-])N1CCN(c2ccccc2)CC1. The van der Waals surface area contributed by atoms with Crippen LogP contribution in [0.2, 0.25) is 0 Å². The summed E-state index contributed by atoms with van der Waals surface area (Å²) in [6.45, 7) is 2.48. The lowest BCUT2D eigenvalue weighted by atomic mass is 10.2. The molecule has 0 atom stereocenters. The molecule has 1 fully saturated rings. The molecule has 0 spiro atoms. The first-order valence-electron chi connectivity index (χ1n) is 5.16. The van der Waals surface area contributed by atoms with Gasteiger partial charge >= 0.3 is 0 Å². The van der Waals surface area contributed by atoms with E-state index in [0.29, 0.717) is 13.1 Å². The molecule has 6 heteroatoms. The van der Waals surface area contributed by atoms with Crippen molar-refractivity contribution in [3.05, 3.63) is 40.4 Å². The van der Waals surface area contributed by atoms with Crippen LogP contribution in [0.5, 0.6) is 0 Å². The Morgan fingerprint density at radius 2 is 1.75 bits per heavy atom. The van der Waals surface area contributed by atoms with Crippen molar-refractivity contribution in [1.82, 2.24) is 10.3 Å². The minimum Gasteiger partial charge on any atom is -0.724 e. The standard InChI is InChI=1S/C10H13N4O2/c15-11-14(16)13-8-6-12(7-9-13)10-4-2-1-3-5-10/h1-5H,6-9H2/q-1. The number of rotatable bonds is 3. The third-order valence-electron chi connectivity index (χ3n) is 2.69. The molecule has 1 saturated heterocycles. The number of hydrogen-bond acceptors (Lipinski definition) is 5. The minimum absolute atomic E-state index is 0.127. The molecule has 0 radical (unpaired) electrons. The van der Waals surface area contributed by atoms with E-state index in [1.54, 1.807) is 0 Å². The lowest BCUT2D eigenvalue weighted by molar-refractivity contribution is 0.0170. The molecule has 0 saturated carbocycles. The Hall–Kier alpha value is -1.66. The molecule has 86 valence electrons. The fraction of sp³-hybridized carbons (Fsp3) is 0.400. The molecule has 0 N–H and O–H groups in total. The summed E-state index contributed by atoms with van der Waals surface area (Å²) in [7, 11) is 0. The molecule has 1 aromatic rings. The molecule has 1 heterocycles. The first-order chi connectivity index (χ1) is 7.81. The molecule has 6 nitrogen and oxygen atoms in total. The molecular formula is C10H13N4O2-. The van der Waals surface area contributed by atoms with E-state index in [1.807, 2.05) is 30.3 Å². The lowest BCUT2D eigenvalue weighted by Crippen LogP contribution is -2.50. The summed E-state index contributed by atoms with van der Waals surface area (Å²) in [5.74, 6) is 0. The van der Waals surface area contributed by atoms with Crippen LogP contribution in [0.4, 0.5) is 5.69 Å². The monoisotopic (exact) mass is 221 g/mol. The summed E-state index contributed by atoms with van der Waals surface area (Å²) in [6.07, 6.45) is 0. The predicted molar refractivity (Wildman–Crippen MR) is 61.2 cm³/mol. The van der Waals surface area contributed by atoms with Gasteiger partial charge in [0.05, 0.1) is 5.29 Å². The van der Waals surface area contributed by atoms with E-state index in [1.165, 1.54) is 5.01 Å². The van der Waals surface area contributed by atoms with Gasteiger partial charge in [-0.05, 0) is 12.1 Å². The third kappa shape index (κ3) is 2.29. The van der Waals surface area contributed by atoms with Crippen LogP contribution >= 0.6 is 0 Å². The van der Waals surface area contributed by atoms with Crippen LogP contribution in [0.3, 0.4) is 0 Å². The molecule has 1 aliphatic rings. The van der Waals surface area contributed by atoms with Gasteiger partial charge in [-0.3, -0.25) is 5.28 Å². The number of benzene rings is 1. The molecule has 1 aliphatic heterocycles. The first kappa shape index (κ1) is 10.8. The molecule has 0 unspecified atom stereocenters. The number of para-hydroxylation sites is 1. The van der Waals surface area contributed by atoms with Crippen LogP contribution in [-0.2, 0) is 0 Å². The van der Waals surface area contributed by atoms with E-state index in [2.05, 4.69) is 10.2 Å². The van der Waals surface area contributed by atoms with Crippen molar-refractivity contribution in [1.29, 1.82) is 0 Å². The Morgan fingerprint density at radius 1 is 1.12 bits per heavy atom. The molecular weight excluding hydrogens is 208 g/mol. The molecule has 16 heavy (non-hydrogen) atoms. The quantitative estimate of drug-likeness (QED) is 0.567. The van der Waals surface area contributed by atoms with Crippen molar-refractivity contribution in [2.24, 2.45) is 5.29 Å². The largest absolute Gasteiger partial charge is 0.724 e. The van der Waals surface area contributed by atoms with Crippen LogP contribution < -0.4 is 4.90 Å². The van der Waals surface area contributed by atoms with Gasteiger partial charge in [-0.2, -0.15) is 0 Å². The molecule has 0 aliphatic carbocycles. The van der Waals surface area contributed by atoms with Gasteiger partial charge < -0.3 is 10.1 Å².